The predicted octanol–water partition coefficient (Wildman–Crippen LogP) is 4.27. The highest BCUT2D eigenvalue weighted by Gasteiger charge is 2.25. The van der Waals surface area contributed by atoms with E-state index in [9.17, 15) is 14.9 Å². The third kappa shape index (κ3) is 2.27. The van der Waals surface area contributed by atoms with Gasteiger partial charge in [0.05, 0.1) is 10.3 Å². The minimum Gasteiger partial charge on any atom is -0.294 e. The Labute approximate surface area is 138 Å². The van der Waals surface area contributed by atoms with Gasteiger partial charge in [0.2, 0.25) is 0 Å². The first-order valence-corrected chi connectivity index (χ1v) is 7.94. The molecule has 0 fully saturated rings. The zero-order valence-electron chi connectivity index (χ0n) is 13.0. The highest BCUT2D eigenvalue weighted by molar-refractivity contribution is 6.13. The molecular weight excluding hydrogens is 302 g/mol. The van der Waals surface area contributed by atoms with Crippen molar-refractivity contribution in [1.82, 2.24) is 0 Å². The van der Waals surface area contributed by atoms with E-state index >= 15 is 0 Å². The Morgan fingerprint density at radius 3 is 2.25 bits per heavy atom. The summed E-state index contributed by atoms with van der Waals surface area (Å²) in [5, 5.41) is 12.9. The average Bonchev–Trinajstić information content (AvgIpc) is 3.01. The van der Waals surface area contributed by atoms with E-state index in [1.165, 1.54) is 6.07 Å². The van der Waals surface area contributed by atoms with Crippen molar-refractivity contribution in [3.05, 3.63) is 87.0 Å². The van der Waals surface area contributed by atoms with Gasteiger partial charge in [-0.1, -0.05) is 48.5 Å². The summed E-state index contributed by atoms with van der Waals surface area (Å²) < 4.78 is 0. The SMILES string of the molecule is O=C(Cc1ccccc1)c1ccc2c3c(ccc([N+](=O)[O-])c13)CC2. The van der Waals surface area contributed by atoms with E-state index in [0.29, 0.717) is 10.9 Å². The number of nitrogens with zero attached hydrogens (tertiary/aromatic N) is 1. The monoisotopic (exact) mass is 317 g/mol. The quantitative estimate of drug-likeness (QED) is 0.410. The van der Waals surface area contributed by atoms with Crippen molar-refractivity contribution in [1.29, 1.82) is 0 Å². The van der Waals surface area contributed by atoms with E-state index in [4.69, 9.17) is 0 Å². The summed E-state index contributed by atoms with van der Waals surface area (Å²) in [7, 11) is 0. The zero-order valence-corrected chi connectivity index (χ0v) is 13.0. The van der Waals surface area contributed by atoms with Crippen LogP contribution in [0.25, 0.3) is 10.8 Å². The van der Waals surface area contributed by atoms with E-state index < -0.39 is 0 Å². The number of nitro benzene ring substituents is 1. The summed E-state index contributed by atoms with van der Waals surface area (Å²) in [6, 6.07) is 16.5. The third-order valence-corrected chi connectivity index (χ3v) is 4.68. The molecular formula is C20H15NO3. The molecule has 0 unspecified atom stereocenters. The maximum absolute atomic E-state index is 12.8. The molecule has 4 heteroatoms. The largest absolute Gasteiger partial charge is 0.294 e. The van der Waals surface area contributed by atoms with Crippen molar-refractivity contribution < 1.29 is 9.72 Å². The lowest BCUT2D eigenvalue weighted by Crippen LogP contribution is -2.06. The van der Waals surface area contributed by atoms with E-state index in [-0.39, 0.29) is 22.8 Å². The fourth-order valence-electron chi connectivity index (χ4n) is 3.57. The van der Waals surface area contributed by atoms with Gasteiger partial charge in [0, 0.05) is 18.1 Å². The Bertz CT molecular complexity index is 967. The Kier molecular flexibility index (Phi) is 3.38. The molecule has 0 N–H and O–H groups in total. The van der Waals surface area contributed by atoms with E-state index in [1.807, 2.05) is 42.5 Å². The summed E-state index contributed by atoms with van der Waals surface area (Å²) in [4.78, 5) is 23.9. The number of rotatable bonds is 4. The van der Waals surface area contributed by atoms with Crippen LogP contribution >= 0.6 is 0 Å². The van der Waals surface area contributed by atoms with Crippen LogP contribution < -0.4 is 0 Å². The van der Waals surface area contributed by atoms with Crippen LogP contribution in [0.15, 0.2) is 54.6 Å². The number of carbonyl (C=O) groups excluding carboxylic acids is 1. The molecule has 0 spiro atoms. The third-order valence-electron chi connectivity index (χ3n) is 4.68. The molecule has 1 aliphatic rings. The average molecular weight is 317 g/mol. The zero-order chi connectivity index (χ0) is 16.7. The predicted molar refractivity (Wildman–Crippen MR) is 92.5 cm³/mol. The minimum absolute atomic E-state index is 0.0221. The second kappa shape index (κ2) is 5.57. The molecule has 0 aliphatic heterocycles. The molecule has 0 saturated heterocycles. The van der Waals surface area contributed by atoms with Crippen molar-refractivity contribution in [3.8, 4) is 0 Å². The van der Waals surface area contributed by atoms with Gasteiger partial charge in [-0.2, -0.15) is 0 Å². The molecule has 0 saturated carbocycles. The van der Waals surface area contributed by atoms with Crippen molar-refractivity contribution in [3.63, 3.8) is 0 Å². The van der Waals surface area contributed by atoms with Crippen molar-refractivity contribution in [2.45, 2.75) is 19.3 Å². The molecule has 3 aromatic carbocycles. The Balaban J connectivity index is 1.90. The lowest BCUT2D eigenvalue weighted by Gasteiger charge is -2.09. The van der Waals surface area contributed by atoms with Crippen molar-refractivity contribution in [2.75, 3.05) is 0 Å². The van der Waals surface area contributed by atoms with Gasteiger partial charge < -0.3 is 0 Å². The highest BCUT2D eigenvalue weighted by atomic mass is 16.6. The van der Waals surface area contributed by atoms with Crippen LogP contribution in [0.2, 0.25) is 0 Å². The lowest BCUT2D eigenvalue weighted by molar-refractivity contribution is -0.383. The molecule has 118 valence electrons. The van der Waals surface area contributed by atoms with Crippen molar-refractivity contribution >= 4 is 22.2 Å². The number of Topliss-reactive ketones (excluding diaryl/α,β-unsaturated/α-hetero) is 1. The standard InChI is InChI=1S/C20H15NO3/c22-18(12-13-4-2-1-3-5-13)16-10-8-14-6-7-15-9-11-17(21(23)24)20(16)19(14)15/h1-5,8-11H,6-7,12H2. The van der Waals surface area contributed by atoms with Gasteiger partial charge in [0.25, 0.3) is 5.69 Å². The van der Waals surface area contributed by atoms with Crippen LogP contribution in [0.1, 0.15) is 27.0 Å². The van der Waals surface area contributed by atoms with Gasteiger partial charge in [-0.15, -0.1) is 0 Å². The fraction of sp³-hybridized carbons (Fsp3) is 0.150. The number of hydrogen-bond donors (Lipinski definition) is 0. The number of aryl methyl sites for hydroxylation is 2. The topological polar surface area (TPSA) is 60.2 Å². The van der Waals surface area contributed by atoms with Gasteiger partial charge in [-0.05, 0) is 34.9 Å². The Morgan fingerprint density at radius 1 is 0.917 bits per heavy atom. The van der Waals surface area contributed by atoms with Crippen LogP contribution in [0.5, 0.6) is 0 Å². The second-order valence-electron chi connectivity index (χ2n) is 6.11. The Morgan fingerprint density at radius 2 is 1.58 bits per heavy atom. The Hall–Kier alpha value is -3.01. The fourth-order valence-corrected chi connectivity index (χ4v) is 3.57. The molecule has 24 heavy (non-hydrogen) atoms. The first kappa shape index (κ1) is 14.6. The first-order chi connectivity index (χ1) is 11.6. The second-order valence-corrected chi connectivity index (χ2v) is 6.11. The number of non-ortho nitro benzene ring substituents is 1. The van der Waals surface area contributed by atoms with Gasteiger partial charge in [-0.25, -0.2) is 0 Å². The minimum atomic E-state index is -0.388. The highest BCUT2D eigenvalue weighted by Crippen LogP contribution is 2.38. The van der Waals surface area contributed by atoms with Gasteiger partial charge >= 0.3 is 0 Å². The van der Waals surface area contributed by atoms with Crippen LogP contribution in [0.3, 0.4) is 0 Å². The van der Waals surface area contributed by atoms with E-state index in [0.717, 1.165) is 34.9 Å². The van der Waals surface area contributed by atoms with Crippen LogP contribution in [-0.2, 0) is 19.3 Å². The molecule has 0 bridgehead atoms. The summed E-state index contributed by atoms with van der Waals surface area (Å²) in [5.41, 5.74) is 3.58. The van der Waals surface area contributed by atoms with Crippen LogP contribution in [0, 0.1) is 10.1 Å². The first-order valence-electron chi connectivity index (χ1n) is 7.94. The molecule has 0 heterocycles. The summed E-state index contributed by atoms with van der Waals surface area (Å²) in [5.74, 6) is -0.0834. The molecule has 4 rings (SSSR count). The molecule has 1 aliphatic carbocycles. The van der Waals surface area contributed by atoms with Gasteiger partial charge in [-0.3, -0.25) is 14.9 Å². The van der Waals surface area contributed by atoms with Crippen LogP contribution in [0.4, 0.5) is 5.69 Å². The maximum atomic E-state index is 12.8. The van der Waals surface area contributed by atoms with E-state index in [1.54, 1.807) is 6.07 Å². The normalized spacial score (nSPS) is 12.5. The van der Waals surface area contributed by atoms with E-state index in [2.05, 4.69) is 0 Å². The molecule has 0 amide bonds. The van der Waals surface area contributed by atoms with Crippen molar-refractivity contribution in [2.24, 2.45) is 0 Å². The molecule has 0 aromatic heterocycles. The number of carbonyl (C=O) groups is 1. The number of nitro groups is 1. The van der Waals surface area contributed by atoms with Crippen LogP contribution in [-0.4, -0.2) is 10.7 Å². The maximum Gasteiger partial charge on any atom is 0.277 e. The van der Waals surface area contributed by atoms with Gasteiger partial charge in [0.15, 0.2) is 5.78 Å². The van der Waals surface area contributed by atoms with Gasteiger partial charge in [0.1, 0.15) is 0 Å². The summed E-state index contributed by atoms with van der Waals surface area (Å²) in [6.45, 7) is 0. The molecule has 0 radical (unpaired) electrons. The smallest absolute Gasteiger partial charge is 0.277 e. The molecule has 3 aromatic rings. The lowest BCUT2D eigenvalue weighted by atomic mass is 9.93. The number of ketones is 1. The summed E-state index contributed by atoms with van der Waals surface area (Å²) in [6.07, 6.45) is 2.00. The summed E-state index contributed by atoms with van der Waals surface area (Å²) >= 11 is 0. The molecule has 0 atom stereocenters. The number of hydrogen-bond acceptors (Lipinski definition) is 3. The molecule has 4 nitrogen and oxygen atoms in total. The number of benzene rings is 3.